The maximum Gasteiger partial charge on any atom is 0.337 e. The van der Waals surface area contributed by atoms with Crippen molar-refractivity contribution in [1.82, 2.24) is 33.8 Å². The molecular weight excluding hydrogens is 644 g/mol. The summed E-state index contributed by atoms with van der Waals surface area (Å²) in [7, 11) is 1.31. The zero-order valence-electron chi connectivity index (χ0n) is 28.2. The summed E-state index contributed by atoms with van der Waals surface area (Å²) in [6.45, 7) is 8.98. The van der Waals surface area contributed by atoms with E-state index in [1.165, 1.54) is 7.11 Å². The predicted molar refractivity (Wildman–Crippen MR) is 186 cm³/mol. The highest BCUT2D eigenvalue weighted by atomic mass is 16.5. The molecule has 50 heavy (non-hydrogen) atoms. The Kier molecular flexibility index (Phi) is 10.1. The maximum atomic E-state index is 13.4. The number of primary amides is 1. The van der Waals surface area contributed by atoms with Gasteiger partial charge in [-0.3, -0.25) is 24.5 Å². The van der Waals surface area contributed by atoms with Gasteiger partial charge in [0.2, 0.25) is 17.8 Å². The lowest BCUT2D eigenvalue weighted by Gasteiger charge is -2.26. The molecule has 5 aromatic rings. The molecule has 1 fully saturated rings. The number of nitrogens with one attached hydrogen (secondary N) is 1. The molecule has 2 aromatic carbocycles. The van der Waals surface area contributed by atoms with Gasteiger partial charge in [0.1, 0.15) is 23.6 Å². The standard InChI is InChI=1S/C34H40N10O6/c1-4-44-27(17-21(2)40-44)31(46)39-34-38-24-18-22(32(47)48-3)7-8-26(24)42(34)9-5-6-10-43-29-25(37-33(43)36)19-23(30(35)45)20-28(29)50-16-13-41-11-14-49-15-12-41/h5-8,17-20H,4,9-16H2,1-3H3,(H2,35,45)(H2,36,37)(H,38,39,46)/b6-5+. The van der Waals surface area contributed by atoms with Crippen molar-refractivity contribution < 1.29 is 28.6 Å². The van der Waals surface area contributed by atoms with Gasteiger partial charge in [-0.05, 0) is 50.2 Å². The fourth-order valence-corrected chi connectivity index (χ4v) is 5.94. The van der Waals surface area contributed by atoms with Crippen molar-refractivity contribution >= 4 is 51.7 Å². The third-order valence-corrected chi connectivity index (χ3v) is 8.46. The Labute approximate surface area is 287 Å². The molecule has 0 spiro atoms. The lowest BCUT2D eigenvalue weighted by Crippen LogP contribution is -2.38. The number of rotatable bonds is 13. The Morgan fingerprint density at radius 2 is 1.74 bits per heavy atom. The number of nitrogens with zero attached hydrogens (tertiary/aromatic N) is 7. The fourth-order valence-electron chi connectivity index (χ4n) is 5.94. The number of aromatic nitrogens is 6. The van der Waals surface area contributed by atoms with Crippen LogP contribution >= 0.6 is 0 Å². The van der Waals surface area contributed by atoms with E-state index < -0.39 is 11.9 Å². The molecule has 0 saturated carbocycles. The topological polar surface area (TPSA) is 200 Å². The van der Waals surface area contributed by atoms with E-state index in [0.717, 1.165) is 18.8 Å². The minimum absolute atomic E-state index is 0.239. The number of carbonyl (C=O) groups excluding carboxylic acids is 3. The van der Waals surface area contributed by atoms with Gasteiger partial charge in [-0.25, -0.2) is 14.8 Å². The minimum Gasteiger partial charge on any atom is -0.490 e. The summed E-state index contributed by atoms with van der Waals surface area (Å²) in [5, 5.41) is 7.30. The van der Waals surface area contributed by atoms with E-state index >= 15 is 0 Å². The number of allylic oxidation sites excluding steroid dienone is 2. The first-order valence-corrected chi connectivity index (χ1v) is 16.3. The van der Waals surface area contributed by atoms with E-state index in [1.807, 2.05) is 30.6 Å². The SMILES string of the molecule is CCn1nc(C)cc1C(=O)Nc1nc2cc(C(=O)OC)ccc2n1C/C=C/Cn1c(N)nc2cc(C(N)=O)cc(OCCN3CCOCC3)c21. The van der Waals surface area contributed by atoms with Gasteiger partial charge in [0.05, 0.1) is 48.1 Å². The number of methoxy groups -OCH3 is 1. The maximum absolute atomic E-state index is 13.4. The fraction of sp³-hybridized carbons (Fsp3) is 0.353. The van der Waals surface area contributed by atoms with Gasteiger partial charge in [0.15, 0.2) is 0 Å². The van der Waals surface area contributed by atoms with Crippen LogP contribution in [0.15, 0.2) is 48.6 Å². The highest BCUT2D eigenvalue weighted by Gasteiger charge is 2.20. The number of ether oxygens (including phenoxy) is 3. The molecule has 5 N–H and O–H groups in total. The molecule has 4 heterocycles. The van der Waals surface area contributed by atoms with E-state index in [4.69, 9.17) is 25.7 Å². The highest BCUT2D eigenvalue weighted by molar-refractivity contribution is 6.03. The van der Waals surface area contributed by atoms with Crippen molar-refractivity contribution in [2.24, 2.45) is 5.73 Å². The summed E-state index contributed by atoms with van der Waals surface area (Å²) in [6, 6.07) is 9.97. The van der Waals surface area contributed by atoms with Crippen LogP contribution in [0.2, 0.25) is 0 Å². The van der Waals surface area contributed by atoms with Crippen molar-refractivity contribution in [3.8, 4) is 5.75 Å². The molecule has 2 amide bonds. The van der Waals surface area contributed by atoms with Gasteiger partial charge >= 0.3 is 5.97 Å². The lowest BCUT2D eigenvalue weighted by molar-refractivity contribution is 0.0323. The number of amides is 2. The number of imidazole rings is 2. The van der Waals surface area contributed by atoms with E-state index in [0.29, 0.717) is 91.0 Å². The molecular formula is C34H40N10O6. The van der Waals surface area contributed by atoms with Crippen LogP contribution in [-0.2, 0) is 29.1 Å². The van der Waals surface area contributed by atoms with Crippen molar-refractivity contribution in [3.63, 3.8) is 0 Å². The van der Waals surface area contributed by atoms with Crippen LogP contribution in [0.4, 0.5) is 11.9 Å². The Morgan fingerprint density at radius 3 is 2.46 bits per heavy atom. The lowest BCUT2D eigenvalue weighted by atomic mass is 10.1. The summed E-state index contributed by atoms with van der Waals surface area (Å²) < 4.78 is 21.8. The molecule has 6 rings (SSSR count). The molecule has 1 saturated heterocycles. The summed E-state index contributed by atoms with van der Waals surface area (Å²) in [6.07, 6.45) is 3.82. The predicted octanol–water partition coefficient (Wildman–Crippen LogP) is 2.60. The largest absolute Gasteiger partial charge is 0.490 e. The minimum atomic E-state index is -0.596. The van der Waals surface area contributed by atoms with E-state index in [9.17, 15) is 14.4 Å². The van der Waals surface area contributed by atoms with E-state index in [2.05, 4.69) is 25.3 Å². The number of hydrogen-bond acceptors (Lipinski definition) is 11. The Bertz CT molecular complexity index is 2090. The highest BCUT2D eigenvalue weighted by Crippen LogP contribution is 2.30. The zero-order valence-corrected chi connectivity index (χ0v) is 28.2. The quantitative estimate of drug-likeness (QED) is 0.122. The number of aryl methyl sites for hydroxylation is 2. The summed E-state index contributed by atoms with van der Waals surface area (Å²) >= 11 is 0. The Morgan fingerprint density at radius 1 is 1.00 bits per heavy atom. The summed E-state index contributed by atoms with van der Waals surface area (Å²) in [4.78, 5) is 49.1. The number of nitrogen functional groups attached to an aromatic ring is 1. The average molecular weight is 685 g/mol. The van der Waals surface area contributed by atoms with Gasteiger partial charge in [0, 0.05) is 44.8 Å². The molecule has 1 aliphatic heterocycles. The first-order valence-electron chi connectivity index (χ1n) is 16.3. The van der Waals surface area contributed by atoms with Crippen LogP contribution < -0.4 is 21.5 Å². The van der Waals surface area contributed by atoms with E-state index in [1.54, 1.807) is 45.6 Å². The van der Waals surface area contributed by atoms with E-state index in [-0.39, 0.29) is 17.4 Å². The molecule has 262 valence electrons. The number of morpholine rings is 1. The van der Waals surface area contributed by atoms with Gasteiger partial charge in [-0.1, -0.05) is 12.2 Å². The Hall–Kier alpha value is -5.74. The molecule has 0 aliphatic carbocycles. The monoisotopic (exact) mass is 684 g/mol. The van der Waals surface area contributed by atoms with Crippen molar-refractivity contribution in [1.29, 1.82) is 0 Å². The number of esters is 1. The van der Waals surface area contributed by atoms with Crippen LogP contribution in [0.25, 0.3) is 22.1 Å². The smallest absolute Gasteiger partial charge is 0.337 e. The van der Waals surface area contributed by atoms with Crippen LogP contribution in [0.3, 0.4) is 0 Å². The molecule has 0 atom stereocenters. The third kappa shape index (κ3) is 7.16. The van der Waals surface area contributed by atoms with Crippen LogP contribution in [0.1, 0.15) is 43.8 Å². The zero-order chi connectivity index (χ0) is 35.4. The summed E-state index contributed by atoms with van der Waals surface area (Å²) in [5.41, 5.74) is 16.0. The first kappa shape index (κ1) is 34.1. The van der Waals surface area contributed by atoms with Crippen molar-refractivity contribution in [3.05, 3.63) is 71.1 Å². The molecule has 0 bridgehead atoms. The second-order valence-corrected chi connectivity index (χ2v) is 11.7. The number of hydrogen-bond donors (Lipinski definition) is 3. The number of anilines is 2. The second kappa shape index (κ2) is 14.8. The number of nitrogens with two attached hydrogens (primary N) is 2. The van der Waals surface area contributed by atoms with Gasteiger partial charge < -0.3 is 34.8 Å². The number of carbonyl (C=O) groups is 3. The van der Waals surface area contributed by atoms with Crippen LogP contribution in [-0.4, -0.2) is 98.1 Å². The molecule has 16 nitrogen and oxygen atoms in total. The molecule has 0 radical (unpaired) electrons. The van der Waals surface area contributed by atoms with Crippen LogP contribution in [0.5, 0.6) is 5.75 Å². The second-order valence-electron chi connectivity index (χ2n) is 11.7. The van der Waals surface area contributed by atoms with Crippen LogP contribution in [0, 0.1) is 6.92 Å². The summed E-state index contributed by atoms with van der Waals surface area (Å²) in [5.74, 6) is -0.469. The average Bonchev–Trinajstić information content (AvgIpc) is 3.77. The van der Waals surface area contributed by atoms with Crippen molar-refractivity contribution in [2.75, 3.05) is 57.6 Å². The molecule has 3 aromatic heterocycles. The van der Waals surface area contributed by atoms with Gasteiger partial charge in [0.25, 0.3) is 5.91 Å². The normalized spacial score (nSPS) is 13.7. The Balaban J connectivity index is 1.27. The molecule has 1 aliphatic rings. The third-order valence-electron chi connectivity index (χ3n) is 8.46. The number of benzene rings is 2. The van der Waals surface area contributed by atoms with Gasteiger partial charge in [-0.2, -0.15) is 5.10 Å². The first-order chi connectivity index (χ1) is 24.2. The van der Waals surface area contributed by atoms with Crippen molar-refractivity contribution in [2.45, 2.75) is 33.5 Å². The number of fused-ring (bicyclic) bond motifs is 2. The molecule has 0 unspecified atom stereocenters. The van der Waals surface area contributed by atoms with Gasteiger partial charge in [-0.15, -0.1) is 0 Å². The molecule has 16 heteroatoms.